The van der Waals surface area contributed by atoms with Crippen molar-refractivity contribution in [3.05, 3.63) is 71.7 Å². The molecule has 1 atom stereocenters. The Morgan fingerprint density at radius 2 is 2.12 bits per heavy atom. The zero-order valence-electron chi connectivity index (χ0n) is 21.3. The van der Waals surface area contributed by atoms with Gasteiger partial charge in [0.2, 0.25) is 0 Å². The van der Waals surface area contributed by atoms with Crippen molar-refractivity contribution in [1.82, 2.24) is 0 Å². The minimum atomic E-state index is 0.304. The summed E-state index contributed by atoms with van der Waals surface area (Å²) in [4.78, 5) is 0. The van der Waals surface area contributed by atoms with Crippen molar-refractivity contribution in [3.8, 4) is 5.75 Å². The molecule has 1 aliphatic heterocycles. The van der Waals surface area contributed by atoms with E-state index in [1.807, 2.05) is 0 Å². The average Bonchev–Trinajstić information content (AvgIpc) is 2.93. The largest absolute Gasteiger partial charge is 0.498 e. The number of anilines is 1. The first-order chi connectivity index (χ1) is 16.5. The van der Waals surface area contributed by atoms with E-state index in [2.05, 4.69) is 63.5 Å². The molecule has 0 radical (unpaired) electrons. The van der Waals surface area contributed by atoms with Gasteiger partial charge in [-0.05, 0) is 85.1 Å². The molecular weight excluding hydrogens is 420 g/mol. The highest BCUT2D eigenvalue weighted by Gasteiger charge is 2.25. The molecule has 3 rings (SSSR count). The van der Waals surface area contributed by atoms with Crippen LogP contribution in [-0.2, 0) is 4.74 Å². The van der Waals surface area contributed by atoms with E-state index in [0.717, 1.165) is 80.7 Å². The Balaban J connectivity index is 2.31. The van der Waals surface area contributed by atoms with E-state index in [0.29, 0.717) is 18.2 Å². The van der Waals surface area contributed by atoms with Gasteiger partial charge in [0.15, 0.2) is 0 Å². The van der Waals surface area contributed by atoms with Crippen molar-refractivity contribution in [2.75, 3.05) is 18.5 Å². The van der Waals surface area contributed by atoms with E-state index in [-0.39, 0.29) is 0 Å². The summed E-state index contributed by atoms with van der Waals surface area (Å²) >= 11 is 0. The van der Waals surface area contributed by atoms with Gasteiger partial charge >= 0.3 is 0 Å². The van der Waals surface area contributed by atoms with Crippen molar-refractivity contribution < 1.29 is 9.47 Å². The topological polar surface area (TPSA) is 56.5 Å². The molecule has 1 unspecified atom stereocenters. The normalized spacial score (nSPS) is 19.3. The molecular formula is C30H42N2O2. The van der Waals surface area contributed by atoms with Crippen LogP contribution in [0.3, 0.4) is 0 Å². The Morgan fingerprint density at radius 3 is 2.82 bits per heavy atom. The second kappa shape index (κ2) is 12.5. The number of unbranched alkanes of at least 4 members (excludes halogenated alkanes) is 1. The van der Waals surface area contributed by atoms with E-state index in [1.54, 1.807) is 6.20 Å². The van der Waals surface area contributed by atoms with Crippen LogP contribution in [0, 0.1) is 0 Å². The lowest BCUT2D eigenvalue weighted by Crippen LogP contribution is -2.12. The molecule has 0 aromatic heterocycles. The van der Waals surface area contributed by atoms with E-state index in [9.17, 15) is 0 Å². The third-order valence-electron chi connectivity index (χ3n) is 6.70. The van der Waals surface area contributed by atoms with Gasteiger partial charge in [-0.15, -0.1) is 0 Å². The maximum absolute atomic E-state index is 6.34. The first-order valence-electron chi connectivity index (χ1n) is 12.9. The van der Waals surface area contributed by atoms with Crippen LogP contribution in [0.2, 0.25) is 0 Å². The SMILES string of the molecule is C=CNc1c(C(=C)N)c(OCCCC)cc(C2=C\C3=C(CCC/C=C\2)OCCC3)c1C(C)CC. The van der Waals surface area contributed by atoms with Crippen LogP contribution in [0.1, 0.15) is 94.7 Å². The number of allylic oxidation sites excluding steroid dienone is 6. The summed E-state index contributed by atoms with van der Waals surface area (Å²) in [6, 6.07) is 2.18. The van der Waals surface area contributed by atoms with Gasteiger partial charge in [0.05, 0.1) is 30.2 Å². The van der Waals surface area contributed by atoms with Crippen molar-refractivity contribution >= 4 is 17.0 Å². The molecule has 1 heterocycles. The Labute approximate surface area is 206 Å². The maximum atomic E-state index is 6.34. The van der Waals surface area contributed by atoms with E-state index >= 15 is 0 Å². The van der Waals surface area contributed by atoms with Gasteiger partial charge in [-0.2, -0.15) is 0 Å². The average molecular weight is 463 g/mol. The highest BCUT2D eigenvalue weighted by molar-refractivity contribution is 5.89. The van der Waals surface area contributed by atoms with E-state index in [4.69, 9.17) is 15.2 Å². The van der Waals surface area contributed by atoms with Crippen LogP contribution in [-0.4, -0.2) is 13.2 Å². The van der Waals surface area contributed by atoms with Crippen molar-refractivity contribution in [1.29, 1.82) is 0 Å². The Bertz CT molecular complexity index is 984. The number of nitrogens with one attached hydrogen (secondary N) is 1. The standard InChI is InChI=1S/C30H42N2O2/c1-6-9-17-34-27-20-25(28(21(4)7-2)30(32-8-3)29(27)22(5)31)23-14-11-10-12-16-26-24(19-23)15-13-18-33-26/h8,11,14,19-21,32H,3,5-7,9-10,12-13,15-18,31H2,1-2,4H3/b14-11-,23-19-. The molecule has 0 fully saturated rings. The molecule has 0 spiro atoms. The molecule has 1 aromatic carbocycles. The van der Waals surface area contributed by atoms with Gasteiger partial charge in [0.1, 0.15) is 5.75 Å². The minimum Gasteiger partial charge on any atom is -0.498 e. The zero-order valence-corrected chi connectivity index (χ0v) is 21.3. The van der Waals surface area contributed by atoms with Gasteiger partial charge in [-0.25, -0.2) is 0 Å². The van der Waals surface area contributed by atoms with Crippen molar-refractivity contribution in [2.45, 2.75) is 78.1 Å². The molecule has 3 N–H and O–H groups in total. The molecule has 4 heteroatoms. The number of hydrogen-bond donors (Lipinski definition) is 2. The summed E-state index contributed by atoms with van der Waals surface area (Å²) < 4.78 is 12.4. The Kier molecular flexibility index (Phi) is 9.50. The minimum absolute atomic E-state index is 0.304. The van der Waals surface area contributed by atoms with Crippen LogP contribution in [0.5, 0.6) is 5.75 Å². The van der Waals surface area contributed by atoms with Crippen LogP contribution < -0.4 is 15.8 Å². The fourth-order valence-corrected chi connectivity index (χ4v) is 4.71. The lowest BCUT2D eigenvalue weighted by molar-refractivity contribution is 0.178. The maximum Gasteiger partial charge on any atom is 0.131 e. The predicted molar refractivity (Wildman–Crippen MR) is 146 cm³/mol. The summed E-state index contributed by atoms with van der Waals surface area (Å²) in [7, 11) is 0. The first-order valence-corrected chi connectivity index (χ1v) is 12.9. The number of nitrogens with two attached hydrogens (primary N) is 1. The number of benzene rings is 1. The smallest absolute Gasteiger partial charge is 0.131 e. The third kappa shape index (κ3) is 5.97. The van der Waals surface area contributed by atoms with Gasteiger partial charge in [-0.1, -0.05) is 52.5 Å². The summed E-state index contributed by atoms with van der Waals surface area (Å²) in [5, 5.41) is 3.40. The van der Waals surface area contributed by atoms with E-state index in [1.165, 1.54) is 22.3 Å². The molecule has 0 amide bonds. The first kappa shape index (κ1) is 25.7. The fourth-order valence-electron chi connectivity index (χ4n) is 4.71. The molecule has 1 aliphatic carbocycles. The molecule has 0 saturated carbocycles. The monoisotopic (exact) mass is 462 g/mol. The van der Waals surface area contributed by atoms with Gasteiger partial charge in [0.25, 0.3) is 0 Å². The second-order valence-corrected chi connectivity index (χ2v) is 9.27. The summed E-state index contributed by atoms with van der Waals surface area (Å²) in [5.74, 6) is 2.24. The van der Waals surface area contributed by atoms with Gasteiger partial charge in [0, 0.05) is 12.1 Å². The molecule has 4 nitrogen and oxygen atoms in total. The highest BCUT2D eigenvalue weighted by Crippen LogP contribution is 2.44. The van der Waals surface area contributed by atoms with Crippen LogP contribution in [0.15, 0.2) is 55.0 Å². The fraction of sp³-hybridized carbons (Fsp3) is 0.467. The summed E-state index contributed by atoms with van der Waals surface area (Å²) in [6.45, 7) is 16.2. The molecule has 34 heavy (non-hydrogen) atoms. The van der Waals surface area contributed by atoms with Crippen LogP contribution >= 0.6 is 0 Å². The third-order valence-corrected chi connectivity index (χ3v) is 6.70. The molecule has 2 aliphatic rings. The van der Waals surface area contributed by atoms with Crippen LogP contribution in [0.4, 0.5) is 5.69 Å². The zero-order chi connectivity index (χ0) is 24.5. The lowest BCUT2D eigenvalue weighted by atomic mass is 9.84. The molecule has 1 aromatic rings. The summed E-state index contributed by atoms with van der Waals surface area (Å²) in [5.41, 5.74) is 13.5. The van der Waals surface area contributed by atoms with E-state index < -0.39 is 0 Å². The van der Waals surface area contributed by atoms with Gasteiger partial charge in [-0.3, -0.25) is 0 Å². The number of rotatable bonds is 10. The molecule has 0 bridgehead atoms. The Morgan fingerprint density at radius 1 is 1.29 bits per heavy atom. The van der Waals surface area contributed by atoms with Crippen LogP contribution in [0.25, 0.3) is 11.3 Å². The van der Waals surface area contributed by atoms with Crippen molar-refractivity contribution in [3.63, 3.8) is 0 Å². The second-order valence-electron chi connectivity index (χ2n) is 9.27. The molecule has 0 saturated heterocycles. The predicted octanol–water partition coefficient (Wildman–Crippen LogP) is 8.05. The van der Waals surface area contributed by atoms with Gasteiger partial charge < -0.3 is 20.5 Å². The number of ether oxygens (including phenoxy) is 2. The highest BCUT2D eigenvalue weighted by atomic mass is 16.5. The molecule has 184 valence electrons. The summed E-state index contributed by atoms with van der Waals surface area (Å²) in [6.07, 6.45) is 16.9. The lowest BCUT2D eigenvalue weighted by Gasteiger charge is -2.26. The number of hydrogen-bond acceptors (Lipinski definition) is 4. The quantitative estimate of drug-likeness (QED) is 0.345. The Hall–Kier alpha value is -2.88. The van der Waals surface area contributed by atoms with Crippen molar-refractivity contribution in [2.24, 2.45) is 5.73 Å².